The summed E-state index contributed by atoms with van der Waals surface area (Å²) >= 11 is 5.67. The zero-order chi connectivity index (χ0) is 15.0. The third-order valence-corrected chi connectivity index (χ3v) is 3.50. The molecule has 0 heterocycles. The molecule has 0 aliphatic heterocycles. The monoisotopic (exact) mass is 316 g/mol. The molecule has 0 saturated carbocycles. The Bertz CT molecular complexity index is 622. The number of benzene rings is 1. The highest BCUT2D eigenvalue weighted by Gasteiger charge is 2.49. The molecular formula is C10H8ClF3O4S. The summed E-state index contributed by atoms with van der Waals surface area (Å²) in [6.45, 7) is 2.58. The minimum Gasteiger partial charge on any atom is -0.375 e. The fourth-order valence-corrected chi connectivity index (χ4v) is 1.80. The lowest BCUT2D eigenvalue weighted by atomic mass is 10.1. The quantitative estimate of drug-likeness (QED) is 0.488. The van der Waals surface area contributed by atoms with Gasteiger partial charge in [-0.15, -0.1) is 0 Å². The second-order valence-corrected chi connectivity index (χ2v) is 5.58. The van der Waals surface area contributed by atoms with Gasteiger partial charge in [-0.3, -0.25) is 4.79 Å². The van der Waals surface area contributed by atoms with Crippen LogP contribution in [0.15, 0.2) is 12.1 Å². The van der Waals surface area contributed by atoms with Crippen LogP contribution in [-0.2, 0) is 10.1 Å². The SMILES string of the molecule is CC(=O)c1cc(C)c(Cl)cc1OS(=O)(=O)C(F)(F)F. The van der Waals surface area contributed by atoms with Crippen molar-refractivity contribution in [1.29, 1.82) is 0 Å². The van der Waals surface area contributed by atoms with Crippen LogP contribution in [0.4, 0.5) is 13.2 Å². The van der Waals surface area contributed by atoms with Crippen LogP contribution in [0, 0.1) is 6.92 Å². The van der Waals surface area contributed by atoms with Gasteiger partial charge in [0.2, 0.25) is 0 Å². The number of halogens is 4. The Kier molecular flexibility index (Phi) is 4.16. The lowest BCUT2D eigenvalue weighted by Crippen LogP contribution is -2.28. The highest BCUT2D eigenvalue weighted by atomic mass is 35.5. The van der Waals surface area contributed by atoms with E-state index in [1.807, 2.05) is 0 Å². The third-order valence-electron chi connectivity index (χ3n) is 2.12. The fourth-order valence-electron chi connectivity index (χ4n) is 1.17. The van der Waals surface area contributed by atoms with Crippen molar-refractivity contribution in [1.82, 2.24) is 0 Å². The predicted octanol–water partition coefficient (Wildman–Crippen LogP) is 3.08. The van der Waals surface area contributed by atoms with Gasteiger partial charge in [-0.1, -0.05) is 11.6 Å². The van der Waals surface area contributed by atoms with Crippen LogP contribution in [0.1, 0.15) is 22.8 Å². The maximum absolute atomic E-state index is 12.2. The van der Waals surface area contributed by atoms with E-state index >= 15 is 0 Å². The molecule has 1 rings (SSSR count). The number of aryl methyl sites for hydroxylation is 1. The highest BCUT2D eigenvalue weighted by Crippen LogP contribution is 2.32. The number of carbonyl (C=O) groups excluding carboxylic acids is 1. The van der Waals surface area contributed by atoms with Gasteiger partial charge in [-0.2, -0.15) is 21.6 Å². The molecule has 0 aromatic heterocycles. The maximum Gasteiger partial charge on any atom is 0.534 e. The van der Waals surface area contributed by atoms with Crippen LogP contribution in [-0.4, -0.2) is 19.7 Å². The molecule has 9 heteroatoms. The second-order valence-electron chi connectivity index (χ2n) is 3.64. The van der Waals surface area contributed by atoms with Crippen molar-refractivity contribution in [3.63, 3.8) is 0 Å². The molecule has 1 aromatic rings. The van der Waals surface area contributed by atoms with Crippen molar-refractivity contribution in [3.05, 3.63) is 28.3 Å². The summed E-state index contributed by atoms with van der Waals surface area (Å²) in [5, 5.41) is -0.0163. The largest absolute Gasteiger partial charge is 0.534 e. The summed E-state index contributed by atoms with van der Waals surface area (Å²) in [6, 6.07) is 2.02. The van der Waals surface area contributed by atoms with E-state index in [4.69, 9.17) is 11.6 Å². The van der Waals surface area contributed by atoms with Gasteiger partial charge >= 0.3 is 15.6 Å². The highest BCUT2D eigenvalue weighted by molar-refractivity contribution is 7.88. The van der Waals surface area contributed by atoms with Crippen molar-refractivity contribution in [3.8, 4) is 5.75 Å². The first-order valence-electron chi connectivity index (χ1n) is 4.77. The van der Waals surface area contributed by atoms with Gasteiger partial charge in [-0.25, -0.2) is 0 Å². The lowest BCUT2D eigenvalue weighted by molar-refractivity contribution is -0.0500. The Labute approximate surface area is 112 Å². The Hall–Kier alpha value is -1.28. The van der Waals surface area contributed by atoms with Gasteiger partial charge in [0.1, 0.15) is 0 Å². The second kappa shape index (κ2) is 5.01. The lowest BCUT2D eigenvalue weighted by Gasteiger charge is -2.13. The van der Waals surface area contributed by atoms with E-state index in [0.717, 1.165) is 19.1 Å². The Morgan fingerprint density at radius 2 is 1.84 bits per heavy atom. The van der Waals surface area contributed by atoms with Gasteiger partial charge < -0.3 is 4.18 Å². The molecule has 0 spiro atoms. The molecule has 0 amide bonds. The number of hydrogen-bond donors (Lipinski definition) is 0. The third kappa shape index (κ3) is 3.38. The first kappa shape index (κ1) is 15.8. The average molecular weight is 317 g/mol. The zero-order valence-corrected chi connectivity index (χ0v) is 11.3. The van der Waals surface area contributed by atoms with Gasteiger partial charge in [0.15, 0.2) is 11.5 Å². The van der Waals surface area contributed by atoms with Gasteiger partial charge in [0.05, 0.1) is 5.56 Å². The van der Waals surface area contributed by atoms with Crippen LogP contribution in [0.3, 0.4) is 0 Å². The number of ketones is 1. The normalized spacial score (nSPS) is 12.3. The molecule has 1 aromatic carbocycles. The first-order chi connectivity index (χ1) is 8.45. The summed E-state index contributed by atoms with van der Waals surface area (Å²) < 4.78 is 62.3. The van der Waals surface area contributed by atoms with Crippen molar-refractivity contribution >= 4 is 27.5 Å². The number of alkyl halides is 3. The number of rotatable bonds is 3. The van der Waals surface area contributed by atoms with Gasteiger partial charge in [0.25, 0.3) is 0 Å². The molecule has 0 atom stereocenters. The van der Waals surface area contributed by atoms with Crippen molar-refractivity contribution in [2.75, 3.05) is 0 Å². The van der Waals surface area contributed by atoms with Crippen molar-refractivity contribution in [2.24, 2.45) is 0 Å². The van der Waals surface area contributed by atoms with Gasteiger partial charge in [-0.05, 0) is 25.5 Å². The fraction of sp³-hybridized carbons (Fsp3) is 0.300. The Morgan fingerprint density at radius 1 is 1.32 bits per heavy atom. The minimum absolute atomic E-state index is 0.0163. The van der Waals surface area contributed by atoms with Crippen LogP contribution >= 0.6 is 11.6 Å². The molecule has 0 unspecified atom stereocenters. The Balaban J connectivity index is 3.37. The molecule has 0 bridgehead atoms. The van der Waals surface area contributed by atoms with Crippen LogP contribution in [0.5, 0.6) is 5.75 Å². The summed E-state index contributed by atoms with van der Waals surface area (Å²) in [4.78, 5) is 11.3. The molecule has 0 fully saturated rings. The van der Waals surface area contributed by atoms with E-state index in [1.165, 1.54) is 6.92 Å². The number of carbonyl (C=O) groups is 1. The van der Waals surface area contributed by atoms with Crippen LogP contribution < -0.4 is 4.18 Å². The number of Topliss-reactive ketones (excluding diaryl/α,β-unsaturated/α-hetero) is 1. The zero-order valence-electron chi connectivity index (χ0n) is 9.71. The minimum atomic E-state index is -5.85. The van der Waals surface area contributed by atoms with E-state index in [1.54, 1.807) is 0 Å². The first-order valence-corrected chi connectivity index (χ1v) is 6.56. The van der Waals surface area contributed by atoms with Crippen molar-refractivity contribution < 1.29 is 30.6 Å². The van der Waals surface area contributed by atoms with E-state index < -0.39 is 27.2 Å². The summed E-state index contributed by atoms with van der Waals surface area (Å²) in [5.41, 5.74) is -5.48. The molecule has 0 saturated heterocycles. The molecule has 0 N–H and O–H groups in total. The van der Waals surface area contributed by atoms with Gasteiger partial charge in [0, 0.05) is 11.1 Å². The smallest absolute Gasteiger partial charge is 0.375 e. The summed E-state index contributed by atoms with van der Waals surface area (Å²) in [7, 11) is -5.85. The predicted molar refractivity (Wildman–Crippen MR) is 61.8 cm³/mol. The molecule has 19 heavy (non-hydrogen) atoms. The molecular weight excluding hydrogens is 309 g/mol. The summed E-state index contributed by atoms with van der Waals surface area (Å²) in [5.74, 6) is -1.40. The Morgan fingerprint density at radius 3 is 2.26 bits per heavy atom. The van der Waals surface area contributed by atoms with Crippen LogP contribution in [0.25, 0.3) is 0 Å². The molecule has 0 radical (unpaired) electrons. The van der Waals surface area contributed by atoms with E-state index in [2.05, 4.69) is 4.18 Å². The molecule has 0 aliphatic rings. The maximum atomic E-state index is 12.2. The molecule has 4 nitrogen and oxygen atoms in total. The van der Waals surface area contributed by atoms with Crippen LogP contribution in [0.2, 0.25) is 5.02 Å². The van der Waals surface area contributed by atoms with E-state index in [-0.39, 0.29) is 10.6 Å². The van der Waals surface area contributed by atoms with E-state index in [9.17, 15) is 26.4 Å². The molecule has 0 aliphatic carbocycles. The summed E-state index contributed by atoms with van der Waals surface area (Å²) in [6.07, 6.45) is 0. The van der Waals surface area contributed by atoms with E-state index in [0.29, 0.717) is 5.56 Å². The standard InChI is InChI=1S/C10H8ClF3O4S/c1-5-3-7(6(2)15)9(4-8(5)11)18-19(16,17)10(12,13)14/h3-4H,1-2H3. The number of hydrogen-bond acceptors (Lipinski definition) is 4. The average Bonchev–Trinajstić information content (AvgIpc) is 2.20. The van der Waals surface area contributed by atoms with Crippen molar-refractivity contribution in [2.45, 2.75) is 19.4 Å². The molecule has 106 valence electrons. The topological polar surface area (TPSA) is 60.4 Å².